The van der Waals surface area contributed by atoms with Gasteiger partial charge in [-0.1, -0.05) is 4.83 Å². The number of nitrogens with one attached hydrogen (secondary N) is 1. The van der Waals surface area contributed by atoms with E-state index in [2.05, 4.69) is 9.93 Å². The normalized spacial score (nSPS) is 17.3. The smallest absolute Gasteiger partial charge is 0.0689 e. The maximum Gasteiger partial charge on any atom is 0.276 e. The number of hydrogen-bond donors (Lipinski definition) is 1. The Kier molecular flexibility index (Phi) is 1.17. The molecule has 1 radical (unpaired) electrons. The summed E-state index contributed by atoms with van der Waals surface area (Å²) in [5.74, 6) is 0. The number of allylic oxidation sites excluding steroid dienone is 1. The minimum Gasteiger partial charge on any atom is -0.0689 e. The monoisotopic (exact) mass is 100 g/mol. The summed E-state index contributed by atoms with van der Waals surface area (Å²) >= 11 is 1.47. The van der Waals surface area contributed by atoms with Crippen molar-refractivity contribution >= 4 is 18.2 Å². The lowest BCUT2D eigenvalue weighted by atomic mass is 10.7. The summed E-state index contributed by atoms with van der Waals surface area (Å²) < 4.78 is 0. The van der Waals surface area contributed by atoms with Crippen molar-refractivity contribution in [1.29, 1.82) is 0 Å². The van der Waals surface area contributed by atoms with Gasteiger partial charge < -0.3 is 0 Å². The van der Waals surface area contributed by atoms with Gasteiger partial charge in [-0.25, -0.2) is 0 Å². The van der Waals surface area contributed by atoms with Crippen LogP contribution in [0.5, 0.6) is 0 Å². The summed E-state index contributed by atoms with van der Waals surface area (Å²) in [6.45, 7) is 0. The SMILES string of the molecule is C1=CSN[N+]=C1. The van der Waals surface area contributed by atoms with Crippen LogP contribution in [-0.2, 0) is 0 Å². The molecule has 0 bridgehead atoms. The van der Waals surface area contributed by atoms with E-state index in [9.17, 15) is 0 Å². The van der Waals surface area contributed by atoms with Gasteiger partial charge in [-0.15, -0.1) is 0 Å². The highest BCUT2D eigenvalue weighted by molar-refractivity contribution is 8.00. The lowest BCUT2D eigenvalue weighted by Gasteiger charge is -1.77. The van der Waals surface area contributed by atoms with E-state index in [-0.39, 0.29) is 0 Å². The first-order valence-corrected chi connectivity index (χ1v) is 2.47. The highest BCUT2D eigenvalue weighted by atomic mass is 32.2. The molecule has 0 amide bonds. The molecule has 0 spiro atoms. The van der Waals surface area contributed by atoms with E-state index in [1.165, 1.54) is 11.9 Å². The molecule has 1 aliphatic rings. The quantitative estimate of drug-likeness (QED) is 0.436. The molecule has 0 aromatic rings. The van der Waals surface area contributed by atoms with Crippen molar-refractivity contribution in [3.8, 4) is 0 Å². The zero-order valence-corrected chi connectivity index (χ0v) is 3.90. The Morgan fingerprint density at radius 1 is 1.67 bits per heavy atom. The van der Waals surface area contributed by atoms with Gasteiger partial charge in [0.1, 0.15) is 0 Å². The van der Waals surface area contributed by atoms with Crippen LogP contribution in [0.1, 0.15) is 0 Å². The first-order valence-electron chi connectivity index (χ1n) is 1.59. The summed E-state index contributed by atoms with van der Waals surface area (Å²) in [5.41, 5.74) is 0. The summed E-state index contributed by atoms with van der Waals surface area (Å²) in [7, 11) is 0. The van der Waals surface area contributed by atoms with E-state index in [1.807, 2.05) is 11.5 Å². The minimum atomic E-state index is 1.47. The van der Waals surface area contributed by atoms with Crippen molar-refractivity contribution in [3.05, 3.63) is 11.5 Å². The van der Waals surface area contributed by atoms with Gasteiger partial charge in [-0.2, -0.15) is 0 Å². The topological polar surface area (TPSA) is 26.1 Å². The maximum absolute atomic E-state index is 3.68. The molecule has 31 valence electrons. The third kappa shape index (κ3) is 0.755. The molecule has 0 saturated heterocycles. The van der Waals surface area contributed by atoms with Gasteiger partial charge in [0.25, 0.3) is 6.21 Å². The predicted octanol–water partition coefficient (Wildman–Crippen LogP) is 0.0731. The Morgan fingerprint density at radius 2 is 2.67 bits per heavy atom. The van der Waals surface area contributed by atoms with Crippen molar-refractivity contribution in [1.82, 2.24) is 9.93 Å². The lowest BCUT2D eigenvalue weighted by Crippen LogP contribution is -2.07. The van der Waals surface area contributed by atoms with Crippen molar-refractivity contribution in [3.63, 3.8) is 0 Å². The van der Waals surface area contributed by atoms with Crippen molar-refractivity contribution in [2.45, 2.75) is 0 Å². The fourth-order valence-electron chi connectivity index (χ4n) is 0.209. The zero-order chi connectivity index (χ0) is 4.24. The second kappa shape index (κ2) is 1.87. The molecule has 1 heterocycles. The van der Waals surface area contributed by atoms with Crippen LogP contribution in [0, 0.1) is 0 Å². The largest absolute Gasteiger partial charge is 0.276 e. The molecule has 0 saturated carbocycles. The molecular formula is C3H4N2S+. The number of rotatable bonds is 0. The van der Waals surface area contributed by atoms with Crippen molar-refractivity contribution in [2.24, 2.45) is 0 Å². The molecule has 1 N–H and O–H groups in total. The summed E-state index contributed by atoms with van der Waals surface area (Å²) in [6, 6.07) is 0. The van der Waals surface area contributed by atoms with Crippen LogP contribution in [0.25, 0.3) is 0 Å². The van der Waals surface area contributed by atoms with Gasteiger partial charge in [0.15, 0.2) is 5.10 Å². The number of nitrogens with zero attached hydrogens (tertiary/aromatic N) is 1. The molecule has 3 heteroatoms. The standard InChI is InChI=1S/C3H4N2S/c1-2-4-5-6-3-1/h1-3,5H/q+1. The molecule has 1 rings (SSSR count). The maximum atomic E-state index is 3.68. The molecular weight excluding hydrogens is 96.1 g/mol. The van der Waals surface area contributed by atoms with Gasteiger partial charge in [0.2, 0.25) is 0 Å². The van der Waals surface area contributed by atoms with Gasteiger partial charge in [-0.05, 0) is 0 Å². The highest BCUT2D eigenvalue weighted by Crippen LogP contribution is 1.91. The molecule has 0 aromatic carbocycles. The molecule has 1 aliphatic heterocycles. The Labute approximate surface area is 40.4 Å². The van der Waals surface area contributed by atoms with Gasteiger partial charge in [0.05, 0.1) is 0 Å². The zero-order valence-electron chi connectivity index (χ0n) is 3.09. The van der Waals surface area contributed by atoms with Crippen LogP contribution in [-0.4, -0.2) is 6.21 Å². The fourth-order valence-corrected chi connectivity index (χ4v) is 0.540. The first-order chi connectivity index (χ1) is 3.00. The number of hydrogen-bond acceptors (Lipinski definition) is 3. The third-order valence-corrected chi connectivity index (χ3v) is 0.917. The van der Waals surface area contributed by atoms with E-state index >= 15 is 0 Å². The van der Waals surface area contributed by atoms with E-state index in [4.69, 9.17) is 0 Å². The van der Waals surface area contributed by atoms with Crippen LogP contribution in [0.4, 0.5) is 0 Å². The second-order valence-electron chi connectivity index (χ2n) is 0.816. The average molecular weight is 100 g/mol. The Hall–Kier alpha value is -0.440. The predicted molar refractivity (Wildman–Crippen MR) is 28.1 cm³/mol. The molecule has 0 aromatic heterocycles. The second-order valence-corrected chi connectivity index (χ2v) is 1.51. The molecule has 6 heavy (non-hydrogen) atoms. The first kappa shape index (κ1) is 3.74. The van der Waals surface area contributed by atoms with E-state index in [0.29, 0.717) is 0 Å². The lowest BCUT2D eigenvalue weighted by molar-refractivity contribution is 0.999. The van der Waals surface area contributed by atoms with Crippen molar-refractivity contribution < 1.29 is 0 Å². The Bertz CT molecular complexity index is 74.8. The molecule has 0 aliphatic carbocycles. The van der Waals surface area contributed by atoms with Gasteiger partial charge in [-0.3, -0.25) is 0 Å². The van der Waals surface area contributed by atoms with Crippen LogP contribution >= 0.6 is 11.9 Å². The van der Waals surface area contributed by atoms with Crippen LogP contribution in [0.3, 0.4) is 0 Å². The molecule has 2 nitrogen and oxygen atoms in total. The van der Waals surface area contributed by atoms with E-state index in [1.54, 1.807) is 6.21 Å². The fraction of sp³-hybridized carbons (Fsp3) is 0. The van der Waals surface area contributed by atoms with Crippen LogP contribution in [0.2, 0.25) is 0 Å². The summed E-state index contributed by atoms with van der Waals surface area (Å²) in [4.78, 5) is 2.68. The highest BCUT2D eigenvalue weighted by Gasteiger charge is 1.89. The van der Waals surface area contributed by atoms with E-state index in [0.717, 1.165) is 0 Å². The molecule has 0 atom stereocenters. The Morgan fingerprint density at radius 3 is 2.83 bits per heavy atom. The molecule has 0 unspecified atom stereocenters. The van der Waals surface area contributed by atoms with Crippen molar-refractivity contribution in [2.75, 3.05) is 0 Å². The van der Waals surface area contributed by atoms with Gasteiger partial charge in [0, 0.05) is 23.4 Å². The minimum absolute atomic E-state index is 1.47. The average Bonchev–Trinajstić information content (AvgIpc) is 1.72. The number of hydrazone groups is 1. The van der Waals surface area contributed by atoms with Gasteiger partial charge >= 0.3 is 0 Å². The van der Waals surface area contributed by atoms with Crippen LogP contribution in [0.15, 0.2) is 11.5 Å². The van der Waals surface area contributed by atoms with Crippen LogP contribution < -0.4 is 9.93 Å². The van der Waals surface area contributed by atoms with E-state index < -0.39 is 0 Å². The molecule has 0 fully saturated rings. The third-order valence-electron chi connectivity index (χ3n) is 0.413. The summed E-state index contributed by atoms with van der Waals surface area (Å²) in [5, 5.41) is 5.60. The Balaban J connectivity index is 2.46. The summed E-state index contributed by atoms with van der Waals surface area (Å²) in [6.07, 6.45) is 3.58.